The number of hydrogen-bond donors (Lipinski definition) is 2. The molecule has 120 valence electrons. The summed E-state index contributed by atoms with van der Waals surface area (Å²) in [6.07, 6.45) is 3.94. The maximum atomic E-state index is 12.3. The first-order valence-electron chi connectivity index (χ1n) is 7.31. The van der Waals surface area contributed by atoms with Crippen molar-refractivity contribution in [1.82, 2.24) is 4.98 Å². The van der Waals surface area contributed by atoms with Gasteiger partial charge in [-0.3, -0.25) is 4.79 Å². The van der Waals surface area contributed by atoms with Gasteiger partial charge in [-0.05, 0) is 37.1 Å². The van der Waals surface area contributed by atoms with Crippen LogP contribution in [0, 0.1) is 0 Å². The zero-order valence-corrected chi connectivity index (χ0v) is 13.9. The second-order valence-corrected chi connectivity index (χ2v) is 6.22. The second-order valence-electron chi connectivity index (χ2n) is 5.41. The minimum absolute atomic E-state index is 0.276. The highest BCUT2D eigenvalue weighted by molar-refractivity contribution is 6.39. The molecule has 0 aliphatic carbocycles. The Bertz CT molecular complexity index is 704. The topological polar surface area (TPSA) is 71.2 Å². The van der Waals surface area contributed by atoms with Crippen molar-refractivity contribution in [3.05, 3.63) is 46.1 Å². The van der Waals surface area contributed by atoms with Crippen molar-refractivity contribution < 1.29 is 4.79 Å². The van der Waals surface area contributed by atoms with Crippen molar-refractivity contribution in [2.45, 2.75) is 12.8 Å². The van der Waals surface area contributed by atoms with Gasteiger partial charge in [0, 0.05) is 25.0 Å². The van der Waals surface area contributed by atoms with Crippen LogP contribution in [0.3, 0.4) is 0 Å². The Morgan fingerprint density at radius 3 is 2.39 bits per heavy atom. The van der Waals surface area contributed by atoms with Gasteiger partial charge in [-0.1, -0.05) is 23.2 Å². The van der Waals surface area contributed by atoms with E-state index in [0.717, 1.165) is 18.9 Å². The molecule has 1 aliphatic heterocycles. The maximum absolute atomic E-state index is 12.3. The zero-order valence-electron chi connectivity index (χ0n) is 12.4. The summed E-state index contributed by atoms with van der Waals surface area (Å²) >= 11 is 11.9. The average Bonchev–Trinajstić information content (AvgIpc) is 3.07. The van der Waals surface area contributed by atoms with E-state index in [0.29, 0.717) is 27.0 Å². The molecular weight excluding hydrogens is 335 g/mol. The average molecular weight is 351 g/mol. The smallest absolute Gasteiger partial charge is 0.257 e. The van der Waals surface area contributed by atoms with E-state index in [1.807, 2.05) is 6.07 Å². The van der Waals surface area contributed by atoms with Crippen LogP contribution in [0.1, 0.15) is 23.2 Å². The number of nitrogen functional groups attached to an aromatic ring is 1. The predicted molar refractivity (Wildman–Crippen MR) is 94.5 cm³/mol. The first-order valence-corrected chi connectivity index (χ1v) is 8.07. The number of carbonyl (C=O) groups is 1. The molecule has 5 nitrogen and oxygen atoms in total. The number of pyridine rings is 1. The molecule has 1 fully saturated rings. The van der Waals surface area contributed by atoms with Gasteiger partial charge in [0.25, 0.3) is 5.91 Å². The lowest BCUT2D eigenvalue weighted by Crippen LogP contribution is -2.19. The van der Waals surface area contributed by atoms with Gasteiger partial charge in [-0.25, -0.2) is 4.98 Å². The van der Waals surface area contributed by atoms with Gasteiger partial charge in [0.2, 0.25) is 0 Å². The van der Waals surface area contributed by atoms with Crippen molar-refractivity contribution in [1.29, 1.82) is 0 Å². The third kappa shape index (κ3) is 3.51. The third-order valence-electron chi connectivity index (χ3n) is 3.78. The summed E-state index contributed by atoms with van der Waals surface area (Å²) in [5.41, 5.74) is 6.93. The number of rotatable bonds is 3. The van der Waals surface area contributed by atoms with Crippen LogP contribution in [0.5, 0.6) is 0 Å². The molecule has 0 spiro atoms. The van der Waals surface area contributed by atoms with Gasteiger partial charge < -0.3 is 16.0 Å². The van der Waals surface area contributed by atoms with Crippen LogP contribution >= 0.6 is 23.2 Å². The molecule has 0 saturated carbocycles. The number of nitrogens with zero attached hydrogens (tertiary/aromatic N) is 2. The number of nitrogens with one attached hydrogen (secondary N) is 1. The summed E-state index contributed by atoms with van der Waals surface area (Å²) in [4.78, 5) is 18.8. The standard InChI is InChI=1S/C16H16Cl2N4O/c17-12-7-11(8-13(18)15(12)19)21-16(23)10-3-4-14(20-9-10)22-5-1-2-6-22/h3-4,7-9H,1-2,5-6,19H2,(H,21,23). The summed E-state index contributed by atoms with van der Waals surface area (Å²) in [5, 5.41) is 3.34. The maximum Gasteiger partial charge on any atom is 0.257 e. The van der Waals surface area contributed by atoms with Crippen LogP contribution in [0.25, 0.3) is 0 Å². The van der Waals surface area contributed by atoms with Gasteiger partial charge in [0.1, 0.15) is 5.82 Å². The SMILES string of the molecule is Nc1c(Cl)cc(NC(=O)c2ccc(N3CCCC3)nc2)cc1Cl. The summed E-state index contributed by atoms with van der Waals surface area (Å²) < 4.78 is 0. The third-order valence-corrected chi connectivity index (χ3v) is 4.40. The van der Waals surface area contributed by atoms with Crippen LogP contribution in [0.15, 0.2) is 30.5 Å². The van der Waals surface area contributed by atoms with Gasteiger partial charge in [-0.2, -0.15) is 0 Å². The Kier molecular flexibility index (Phi) is 4.59. The first kappa shape index (κ1) is 15.9. The molecule has 0 radical (unpaired) electrons. The number of halogens is 2. The summed E-state index contributed by atoms with van der Waals surface area (Å²) in [7, 11) is 0. The van der Waals surface area contributed by atoms with Crippen molar-refractivity contribution >= 4 is 46.3 Å². The molecule has 1 saturated heterocycles. The molecule has 23 heavy (non-hydrogen) atoms. The van der Waals surface area contributed by atoms with Crippen molar-refractivity contribution in [2.75, 3.05) is 29.0 Å². The zero-order chi connectivity index (χ0) is 16.4. The fraction of sp³-hybridized carbons (Fsp3) is 0.250. The van der Waals surface area contributed by atoms with Crippen molar-refractivity contribution in [3.63, 3.8) is 0 Å². The Morgan fingerprint density at radius 2 is 1.83 bits per heavy atom. The molecule has 0 atom stereocenters. The summed E-state index contributed by atoms with van der Waals surface area (Å²) in [6.45, 7) is 2.03. The van der Waals surface area contributed by atoms with E-state index in [1.54, 1.807) is 24.4 Å². The Balaban J connectivity index is 1.73. The van der Waals surface area contributed by atoms with Crippen LogP contribution in [-0.2, 0) is 0 Å². The molecular formula is C16H16Cl2N4O. The number of amides is 1. The number of benzene rings is 1. The van der Waals surface area contributed by atoms with Gasteiger partial charge >= 0.3 is 0 Å². The molecule has 0 unspecified atom stereocenters. The fourth-order valence-corrected chi connectivity index (χ4v) is 3.00. The lowest BCUT2D eigenvalue weighted by Gasteiger charge is -2.16. The Labute approximate surface area is 144 Å². The molecule has 3 rings (SSSR count). The minimum Gasteiger partial charge on any atom is -0.396 e. The van der Waals surface area contributed by atoms with E-state index in [2.05, 4.69) is 15.2 Å². The summed E-state index contributed by atoms with van der Waals surface area (Å²) in [5.74, 6) is 0.625. The van der Waals surface area contributed by atoms with Crippen molar-refractivity contribution in [3.8, 4) is 0 Å². The Hall–Kier alpha value is -1.98. The highest BCUT2D eigenvalue weighted by atomic mass is 35.5. The normalized spacial score (nSPS) is 14.1. The van der Waals surface area contributed by atoms with E-state index in [-0.39, 0.29) is 5.91 Å². The lowest BCUT2D eigenvalue weighted by atomic mass is 10.2. The molecule has 7 heteroatoms. The number of nitrogens with two attached hydrogens (primary N) is 1. The number of hydrogen-bond acceptors (Lipinski definition) is 4. The van der Waals surface area contributed by atoms with E-state index in [4.69, 9.17) is 28.9 Å². The molecule has 1 aromatic heterocycles. The monoisotopic (exact) mass is 350 g/mol. The number of aromatic nitrogens is 1. The highest BCUT2D eigenvalue weighted by Gasteiger charge is 2.15. The molecule has 1 aromatic carbocycles. The lowest BCUT2D eigenvalue weighted by molar-refractivity contribution is 0.102. The fourth-order valence-electron chi connectivity index (χ4n) is 2.51. The predicted octanol–water partition coefficient (Wildman–Crippen LogP) is 3.82. The van der Waals surface area contributed by atoms with E-state index < -0.39 is 0 Å². The van der Waals surface area contributed by atoms with Crippen LogP contribution in [-0.4, -0.2) is 24.0 Å². The molecule has 3 N–H and O–H groups in total. The van der Waals surface area contributed by atoms with Gasteiger partial charge in [0.05, 0.1) is 21.3 Å². The van der Waals surface area contributed by atoms with Crippen LogP contribution in [0.4, 0.5) is 17.2 Å². The molecule has 2 aromatic rings. The molecule has 0 bridgehead atoms. The highest BCUT2D eigenvalue weighted by Crippen LogP contribution is 2.31. The Morgan fingerprint density at radius 1 is 1.17 bits per heavy atom. The molecule has 1 amide bonds. The second kappa shape index (κ2) is 6.64. The van der Waals surface area contributed by atoms with Crippen LogP contribution in [0.2, 0.25) is 10.0 Å². The van der Waals surface area contributed by atoms with E-state index in [9.17, 15) is 4.79 Å². The van der Waals surface area contributed by atoms with Gasteiger partial charge in [-0.15, -0.1) is 0 Å². The largest absolute Gasteiger partial charge is 0.396 e. The number of carbonyl (C=O) groups excluding carboxylic acids is 1. The quantitative estimate of drug-likeness (QED) is 0.825. The van der Waals surface area contributed by atoms with Crippen LogP contribution < -0.4 is 16.0 Å². The minimum atomic E-state index is -0.276. The first-order chi connectivity index (χ1) is 11.0. The molecule has 2 heterocycles. The molecule has 1 aliphatic rings. The van der Waals surface area contributed by atoms with E-state index >= 15 is 0 Å². The van der Waals surface area contributed by atoms with Gasteiger partial charge in [0.15, 0.2) is 0 Å². The van der Waals surface area contributed by atoms with E-state index in [1.165, 1.54) is 12.8 Å². The number of anilines is 3. The summed E-state index contributed by atoms with van der Waals surface area (Å²) in [6, 6.07) is 6.75. The van der Waals surface area contributed by atoms with Crippen molar-refractivity contribution in [2.24, 2.45) is 0 Å².